The van der Waals surface area contributed by atoms with Gasteiger partial charge >= 0.3 is 11.7 Å². The zero-order valence-corrected chi connectivity index (χ0v) is 8.82. The maximum Gasteiger partial charge on any atom is 0.341 e. The Morgan fingerprint density at radius 3 is 2.69 bits per heavy atom. The molecule has 1 rings (SSSR count). The number of aromatic hydroxyl groups is 1. The Morgan fingerprint density at radius 2 is 2.25 bits per heavy atom. The first-order chi connectivity index (χ1) is 7.40. The molecular weight excluding hydrogens is 240 g/mol. The molecular formula is C8H7ClN2O5. The van der Waals surface area contributed by atoms with Crippen LogP contribution in [0.2, 0.25) is 5.02 Å². The molecule has 1 aromatic rings. The van der Waals surface area contributed by atoms with Gasteiger partial charge in [-0.2, -0.15) is 0 Å². The molecule has 0 saturated carbocycles. The highest BCUT2D eigenvalue weighted by atomic mass is 35.5. The van der Waals surface area contributed by atoms with Crippen molar-refractivity contribution in [3.63, 3.8) is 0 Å². The number of anilines is 1. The number of halogens is 1. The predicted octanol–water partition coefficient (Wildman–Crippen LogP) is 1.32. The number of nitrogens with zero attached hydrogens (tertiary/aromatic N) is 1. The summed E-state index contributed by atoms with van der Waals surface area (Å²) in [6.45, 7) is 0. The van der Waals surface area contributed by atoms with Gasteiger partial charge in [0.15, 0.2) is 0 Å². The van der Waals surface area contributed by atoms with Gasteiger partial charge in [-0.15, -0.1) is 0 Å². The number of nitrogens with two attached hydrogens (primary N) is 1. The fourth-order valence-electron chi connectivity index (χ4n) is 1.09. The van der Waals surface area contributed by atoms with E-state index < -0.39 is 33.6 Å². The topological polar surface area (TPSA) is 116 Å². The number of carbonyl (C=O) groups excluding carboxylic acids is 1. The van der Waals surface area contributed by atoms with Gasteiger partial charge in [0, 0.05) is 0 Å². The first-order valence-corrected chi connectivity index (χ1v) is 4.31. The largest absolute Gasteiger partial charge is 0.501 e. The van der Waals surface area contributed by atoms with Gasteiger partial charge in [-0.1, -0.05) is 11.6 Å². The number of methoxy groups -OCH3 is 1. The van der Waals surface area contributed by atoms with Crippen molar-refractivity contribution in [2.45, 2.75) is 0 Å². The average Bonchev–Trinajstić information content (AvgIpc) is 2.22. The number of rotatable bonds is 2. The van der Waals surface area contributed by atoms with Crippen LogP contribution in [0.5, 0.6) is 5.75 Å². The number of hydrogen-bond donors (Lipinski definition) is 2. The van der Waals surface area contributed by atoms with Crippen LogP contribution in [0.1, 0.15) is 10.4 Å². The summed E-state index contributed by atoms with van der Waals surface area (Å²) in [5.74, 6) is -1.80. The first-order valence-electron chi connectivity index (χ1n) is 3.93. The van der Waals surface area contributed by atoms with E-state index in [-0.39, 0.29) is 5.02 Å². The maximum absolute atomic E-state index is 11.2. The molecule has 0 fully saturated rings. The minimum Gasteiger partial charge on any atom is -0.501 e. The van der Waals surface area contributed by atoms with E-state index in [0.717, 1.165) is 13.2 Å². The monoisotopic (exact) mass is 246 g/mol. The Balaban J connectivity index is 3.56. The van der Waals surface area contributed by atoms with Crippen molar-refractivity contribution in [3.8, 4) is 5.75 Å². The average molecular weight is 247 g/mol. The molecule has 7 nitrogen and oxygen atoms in total. The van der Waals surface area contributed by atoms with E-state index in [1.807, 2.05) is 0 Å². The lowest BCUT2D eigenvalue weighted by atomic mass is 10.1. The minimum atomic E-state index is -0.942. The molecule has 86 valence electrons. The van der Waals surface area contributed by atoms with Crippen LogP contribution in [0.25, 0.3) is 0 Å². The molecule has 1 aromatic carbocycles. The molecule has 0 atom stereocenters. The second-order valence-electron chi connectivity index (χ2n) is 2.77. The zero-order valence-electron chi connectivity index (χ0n) is 8.06. The number of nitro benzene ring substituents is 1. The predicted molar refractivity (Wildman–Crippen MR) is 55.5 cm³/mol. The Morgan fingerprint density at radius 1 is 1.69 bits per heavy atom. The van der Waals surface area contributed by atoms with Crippen LogP contribution >= 0.6 is 11.6 Å². The second kappa shape index (κ2) is 4.23. The summed E-state index contributed by atoms with van der Waals surface area (Å²) in [7, 11) is 1.07. The molecule has 0 saturated heterocycles. The summed E-state index contributed by atoms with van der Waals surface area (Å²) in [5, 5.41) is 19.9. The zero-order chi connectivity index (χ0) is 12.5. The van der Waals surface area contributed by atoms with Crippen LogP contribution in [0, 0.1) is 10.1 Å². The highest BCUT2D eigenvalue weighted by Gasteiger charge is 2.27. The van der Waals surface area contributed by atoms with Gasteiger partial charge in [-0.3, -0.25) is 10.1 Å². The molecule has 0 heterocycles. The number of ether oxygens (including phenoxy) is 1. The number of carbonyl (C=O) groups is 1. The molecule has 0 aromatic heterocycles. The minimum absolute atomic E-state index is 0.204. The van der Waals surface area contributed by atoms with E-state index >= 15 is 0 Å². The van der Waals surface area contributed by atoms with Crippen LogP contribution in [-0.2, 0) is 4.74 Å². The molecule has 0 aliphatic heterocycles. The van der Waals surface area contributed by atoms with Crippen LogP contribution in [0.15, 0.2) is 6.07 Å². The van der Waals surface area contributed by atoms with E-state index in [1.165, 1.54) is 0 Å². The number of nitrogen functional groups attached to an aromatic ring is 1. The van der Waals surface area contributed by atoms with Gasteiger partial charge in [-0.05, 0) is 6.07 Å². The molecule has 16 heavy (non-hydrogen) atoms. The number of hydrogen-bond acceptors (Lipinski definition) is 6. The summed E-state index contributed by atoms with van der Waals surface area (Å²) < 4.78 is 4.33. The number of esters is 1. The van der Waals surface area contributed by atoms with Gasteiger partial charge in [-0.25, -0.2) is 4.79 Å². The molecule has 0 radical (unpaired) electrons. The molecule has 0 aliphatic carbocycles. The van der Waals surface area contributed by atoms with Crippen molar-refractivity contribution in [2.24, 2.45) is 0 Å². The van der Waals surface area contributed by atoms with Gasteiger partial charge < -0.3 is 15.6 Å². The molecule has 0 bridgehead atoms. The van der Waals surface area contributed by atoms with E-state index in [4.69, 9.17) is 17.3 Å². The fourth-order valence-corrected chi connectivity index (χ4v) is 1.29. The van der Waals surface area contributed by atoms with Gasteiger partial charge in [0.1, 0.15) is 11.3 Å². The first kappa shape index (κ1) is 12.1. The SMILES string of the molecule is COC(=O)c1cc(Cl)c(N)c([N+](=O)[O-])c1O. The summed E-state index contributed by atoms with van der Waals surface area (Å²) in [5.41, 5.74) is 3.68. The van der Waals surface area contributed by atoms with Crippen LogP contribution in [-0.4, -0.2) is 23.1 Å². The standard InChI is InChI=1S/C8H7ClN2O5/c1-16-8(13)3-2-4(9)5(10)6(7(3)12)11(14)15/h2,12H,10H2,1H3. The van der Waals surface area contributed by atoms with Crippen LogP contribution < -0.4 is 5.73 Å². The van der Waals surface area contributed by atoms with Crippen molar-refractivity contribution in [1.29, 1.82) is 0 Å². The highest BCUT2D eigenvalue weighted by Crippen LogP contribution is 2.40. The van der Waals surface area contributed by atoms with Gasteiger partial charge in [0.25, 0.3) is 0 Å². The van der Waals surface area contributed by atoms with Crippen molar-refractivity contribution in [1.82, 2.24) is 0 Å². The number of nitro groups is 1. The van der Waals surface area contributed by atoms with E-state index in [1.54, 1.807) is 0 Å². The Bertz CT molecular complexity index is 474. The summed E-state index contributed by atoms with van der Waals surface area (Å²) in [6, 6.07) is 1.01. The second-order valence-corrected chi connectivity index (χ2v) is 3.17. The summed E-state index contributed by atoms with van der Waals surface area (Å²) in [6.07, 6.45) is 0. The number of phenols is 1. The third-order valence-corrected chi connectivity index (χ3v) is 2.16. The van der Waals surface area contributed by atoms with Crippen molar-refractivity contribution in [2.75, 3.05) is 12.8 Å². The van der Waals surface area contributed by atoms with Crippen LogP contribution in [0.3, 0.4) is 0 Å². The lowest BCUT2D eigenvalue weighted by Crippen LogP contribution is -2.05. The van der Waals surface area contributed by atoms with E-state index in [2.05, 4.69) is 4.74 Å². The van der Waals surface area contributed by atoms with Crippen molar-refractivity contribution in [3.05, 3.63) is 26.8 Å². The quantitative estimate of drug-likeness (QED) is 0.352. The van der Waals surface area contributed by atoms with Gasteiger partial charge in [0.2, 0.25) is 5.75 Å². The highest BCUT2D eigenvalue weighted by molar-refractivity contribution is 6.34. The third kappa shape index (κ3) is 1.84. The molecule has 3 N–H and O–H groups in total. The number of phenolic OH excluding ortho intramolecular Hbond substituents is 1. The van der Waals surface area contributed by atoms with Crippen LogP contribution in [0.4, 0.5) is 11.4 Å². The maximum atomic E-state index is 11.2. The van der Waals surface area contributed by atoms with E-state index in [0.29, 0.717) is 0 Å². The van der Waals surface area contributed by atoms with Crippen molar-refractivity contribution < 1.29 is 19.6 Å². The van der Waals surface area contributed by atoms with Crippen molar-refractivity contribution >= 4 is 28.9 Å². The van der Waals surface area contributed by atoms with Gasteiger partial charge in [0.05, 0.1) is 17.1 Å². The molecule has 0 unspecified atom stereocenters. The fraction of sp³-hybridized carbons (Fsp3) is 0.125. The Labute approximate surface area is 94.5 Å². The Kier molecular flexibility index (Phi) is 3.19. The molecule has 0 aliphatic rings. The Hall–Kier alpha value is -2.02. The third-order valence-electron chi connectivity index (χ3n) is 1.85. The molecule has 8 heteroatoms. The normalized spacial score (nSPS) is 9.88. The lowest BCUT2D eigenvalue weighted by molar-refractivity contribution is -0.384. The lowest BCUT2D eigenvalue weighted by Gasteiger charge is -2.06. The van der Waals surface area contributed by atoms with E-state index in [9.17, 15) is 20.0 Å². The molecule has 0 amide bonds. The summed E-state index contributed by atoms with van der Waals surface area (Å²) in [4.78, 5) is 20.9. The smallest absolute Gasteiger partial charge is 0.341 e. The summed E-state index contributed by atoms with van der Waals surface area (Å²) >= 11 is 5.59. The molecule has 0 spiro atoms. The number of benzene rings is 1.